The van der Waals surface area contributed by atoms with Crippen molar-refractivity contribution in [2.75, 3.05) is 0 Å². The number of hydrogen-bond donors (Lipinski definition) is 1. The van der Waals surface area contributed by atoms with E-state index in [2.05, 4.69) is 10.3 Å². The second-order valence-electron chi connectivity index (χ2n) is 6.81. The molecule has 0 bridgehead atoms. The smallest absolute Gasteiger partial charge is 0.264 e. The number of aryl methyl sites for hydroxylation is 1. The number of amidine groups is 1. The van der Waals surface area contributed by atoms with Gasteiger partial charge >= 0.3 is 0 Å². The van der Waals surface area contributed by atoms with Crippen LogP contribution in [0.2, 0.25) is 15.1 Å². The van der Waals surface area contributed by atoms with E-state index in [1.165, 1.54) is 17.8 Å². The molecule has 1 aromatic heterocycles. The third-order valence-electron chi connectivity index (χ3n) is 4.72. The van der Waals surface area contributed by atoms with E-state index in [-0.39, 0.29) is 10.9 Å². The molecular formula is C22H15Cl3FN3OS. The summed E-state index contributed by atoms with van der Waals surface area (Å²) in [7, 11) is 0. The number of nitrogens with zero attached hydrogens (tertiary/aromatic N) is 2. The lowest BCUT2D eigenvalue weighted by atomic mass is 10.2. The number of carbonyl (C=O) groups excluding carboxylic acids is 1. The van der Waals surface area contributed by atoms with Gasteiger partial charge in [0, 0.05) is 17.1 Å². The topological polar surface area (TPSA) is 46.4 Å². The van der Waals surface area contributed by atoms with E-state index in [1.54, 1.807) is 36.4 Å². The minimum atomic E-state index is -0.471. The summed E-state index contributed by atoms with van der Waals surface area (Å²) in [5.41, 5.74) is 3.90. The van der Waals surface area contributed by atoms with Crippen LogP contribution in [0.5, 0.6) is 0 Å². The Balaban J connectivity index is 1.66. The average molecular weight is 495 g/mol. The molecule has 4 nitrogen and oxygen atoms in total. The molecule has 4 rings (SSSR count). The van der Waals surface area contributed by atoms with Crippen LogP contribution in [0.25, 0.3) is 11.8 Å². The van der Waals surface area contributed by atoms with Crippen LogP contribution in [0, 0.1) is 19.7 Å². The standard InChI is InChI=1S/C22H15Cl3FN3OS/c1-11-8-13(12(2)29(11)14-6-7-17(26)16(24)10-14)9-19-21(30)28-22(31-19)27-18-5-3-4-15(23)20(18)25/h3-10H,1-2H3,(H,27,28,30)/b19-9-. The molecule has 0 atom stereocenters. The minimum Gasteiger partial charge on any atom is -0.318 e. The number of benzene rings is 2. The van der Waals surface area contributed by atoms with E-state index in [0.717, 1.165) is 22.6 Å². The van der Waals surface area contributed by atoms with Crippen LogP contribution in [-0.4, -0.2) is 15.6 Å². The molecule has 1 saturated heterocycles. The van der Waals surface area contributed by atoms with Gasteiger partial charge in [-0.05, 0) is 73.6 Å². The van der Waals surface area contributed by atoms with Gasteiger partial charge in [-0.15, -0.1) is 0 Å². The zero-order chi connectivity index (χ0) is 22.3. The fourth-order valence-corrected chi connectivity index (χ4v) is 4.60. The van der Waals surface area contributed by atoms with Crippen molar-refractivity contribution >= 4 is 69.4 Å². The first-order valence-corrected chi connectivity index (χ1v) is 11.1. The molecule has 1 aliphatic heterocycles. The van der Waals surface area contributed by atoms with Gasteiger partial charge in [-0.3, -0.25) is 4.79 Å². The van der Waals surface area contributed by atoms with Gasteiger partial charge in [0.15, 0.2) is 5.17 Å². The molecule has 0 saturated carbocycles. The normalized spacial score (nSPS) is 16.4. The lowest BCUT2D eigenvalue weighted by Crippen LogP contribution is -2.19. The molecule has 2 heterocycles. The van der Waals surface area contributed by atoms with Crippen LogP contribution < -0.4 is 5.32 Å². The Labute approximate surface area is 197 Å². The summed E-state index contributed by atoms with van der Waals surface area (Å²) in [6.07, 6.45) is 1.80. The quantitative estimate of drug-likeness (QED) is 0.395. The van der Waals surface area contributed by atoms with E-state index < -0.39 is 5.82 Å². The molecule has 0 radical (unpaired) electrons. The zero-order valence-electron chi connectivity index (χ0n) is 16.3. The van der Waals surface area contributed by atoms with Gasteiger partial charge in [0.25, 0.3) is 5.91 Å². The van der Waals surface area contributed by atoms with Crippen molar-refractivity contribution < 1.29 is 9.18 Å². The molecule has 31 heavy (non-hydrogen) atoms. The van der Waals surface area contributed by atoms with Crippen LogP contribution in [0.4, 0.5) is 10.1 Å². The highest BCUT2D eigenvalue weighted by atomic mass is 35.5. The third kappa shape index (κ3) is 4.39. The Morgan fingerprint density at radius 2 is 1.87 bits per heavy atom. The summed E-state index contributed by atoms with van der Waals surface area (Å²) in [6.45, 7) is 3.86. The number of hydrogen-bond acceptors (Lipinski definition) is 3. The number of aromatic nitrogens is 1. The maximum Gasteiger partial charge on any atom is 0.264 e. The van der Waals surface area contributed by atoms with E-state index in [9.17, 15) is 9.18 Å². The van der Waals surface area contributed by atoms with Gasteiger partial charge in [0.1, 0.15) is 5.82 Å². The van der Waals surface area contributed by atoms with Gasteiger partial charge < -0.3 is 9.88 Å². The Kier molecular flexibility index (Phi) is 6.17. The maximum atomic E-state index is 13.5. The Bertz CT molecular complexity index is 1280. The average Bonchev–Trinajstić information content (AvgIpc) is 3.20. The SMILES string of the molecule is Cc1cc(/C=C2\SC(=Nc3cccc(Cl)c3Cl)NC2=O)c(C)n1-c1ccc(F)c(Cl)c1. The maximum absolute atomic E-state index is 13.5. The van der Waals surface area contributed by atoms with E-state index in [0.29, 0.717) is 25.8 Å². The second kappa shape index (κ2) is 8.71. The van der Waals surface area contributed by atoms with E-state index in [4.69, 9.17) is 34.8 Å². The van der Waals surface area contributed by atoms with Crippen LogP contribution >= 0.6 is 46.6 Å². The first kappa shape index (κ1) is 22.0. The molecule has 0 spiro atoms. The molecular weight excluding hydrogens is 480 g/mol. The number of amides is 1. The van der Waals surface area contributed by atoms with Crippen LogP contribution in [-0.2, 0) is 4.79 Å². The predicted molar refractivity (Wildman–Crippen MR) is 127 cm³/mol. The van der Waals surface area contributed by atoms with Gasteiger partial charge in [-0.2, -0.15) is 0 Å². The highest BCUT2D eigenvalue weighted by molar-refractivity contribution is 8.18. The third-order valence-corrected chi connectivity index (χ3v) is 6.73. The second-order valence-corrected chi connectivity index (χ2v) is 9.04. The minimum absolute atomic E-state index is 0.0520. The van der Waals surface area contributed by atoms with E-state index >= 15 is 0 Å². The number of rotatable bonds is 3. The summed E-state index contributed by atoms with van der Waals surface area (Å²) in [5, 5.41) is 3.93. The van der Waals surface area contributed by atoms with Crippen LogP contribution in [0.15, 0.2) is 52.4 Å². The molecule has 0 aliphatic carbocycles. The molecule has 3 aromatic rings. The Morgan fingerprint density at radius 3 is 2.61 bits per heavy atom. The van der Waals surface area contributed by atoms with Crippen molar-refractivity contribution in [2.45, 2.75) is 13.8 Å². The lowest BCUT2D eigenvalue weighted by molar-refractivity contribution is -0.115. The van der Waals surface area contributed by atoms with Crippen molar-refractivity contribution in [1.29, 1.82) is 0 Å². The summed E-state index contributed by atoms with van der Waals surface area (Å²) in [4.78, 5) is 17.4. The molecule has 1 fully saturated rings. The van der Waals surface area contributed by atoms with E-state index in [1.807, 2.05) is 24.5 Å². The van der Waals surface area contributed by atoms with Gasteiger partial charge in [-0.25, -0.2) is 9.38 Å². The zero-order valence-corrected chi connectivity index (χ0v) is 19.4. The Morgan fingerprint density at radius 1 is 1.10 bits per heavy atom. The summed E-state index contributed by atoms with van der Waals surface area (Å²) in [5.74, 6) is -0.725. The largest absolute Gasteiger partial charge is 0.318 e. The monoisotopic (exact) mass is 493 g/mol. The summed E-state index contributed by atoms with van der Waals surface area (Å²) >= 11 is 19.4. The van der Waals surface area contributed by atoms with Crippen molar-refractivity contribution in [3.8, 4) is 5.69 Å². The number of aliphatic imine (C=N–C) groups is 1. The Hall–Kier alpha value is -2.25. The summed E-state index contributed by atoms with van der Waals surface area (Å²) in [6, 6.07) is 11.6. The number of halogens is 4. The highest BCUT2D eigenvalue weighted by Gasteiger charge is 2.25. The van der Waals surface area contributed by atoms with Gasteiger partial charge in [0.2, 0.25) is 0 Å². The highest BCUT2D eigenvalue weighted by Crippen LogP contribution is 2.35. The molecule has 1 aliphatic rings. The lowest BCUT2D eigenvalue weighted by Gasteiger charge is -2.10. The number of nitrogens with one attached hydrogen (secondary N) is 1. The first-order valence-electron chi connectivity index (χ1n) is 9.12. The van der Waals surface area contributed by atoms with Crippen LogP contribution in [0.1, 0.15) is 17.0 Å². The first-order chi connectivity index (χ1) is 14.7. The fourth-order valence-electron chi connectivity index (χ4n) is 3.27. The van der Waals surface area contributed by atoms with Crippen molar-refractivity contribution in [3.63, 3.8) is 0 Å². The van der Waals surface area contributed by atoms with Crippen molar-refractivity contribution in [3.05, 3.63) is 85.2 Å². The molecule has 1 N–H and O–H groups in total. The fraction of sp³-hybridized carbons (Fsp3) is 0.0909. The summed E-state index contributed by atoms with van der Waals surface area (Å²) < 4.78 is 15.5. The molecule has 9 heteroatoms. The van der Waals surface area contributed by atoms with Gasteiger partial charge in [-0.1, -0.05) is 40.9 Å². The molecule has 1 amide bonds. The molecule has 2 aromatic carbocycles. The molecule has 0 unspecified atom stereocenters. The number of thioether (sulfide) groups is 1. The van der Waals surface area contributed by atoms with Crippen molar-refractivity contribution in [1.82, 2.24) is 9.88 Å². The number of carbonyl (C=O) groups is 1. The van der Waals surface area contributed by atoms with Crippen molar-refractivity contribution in [2.24, 2.45) is 4.99 Å². The molecule has 158 valence electrons. The van der Waals surface area contributed by atoms with Gasteiger partial charge in [0.05, 0.1) is 25.7 Å². The van der Waals surface area contributed by atoms with Crippen LogP contribution in [0.3, 0.4) is 0 Å². The predicted octanol–water partition coefficient (Wildman–Crippen LogP) is 7.09.